The molecule has 0 aliphatic carbocycles. The van der Waals surface area contributed by atoms with E-state index in [2.05, 4.69) is 37.2 Å². The Labute approximate surface area is 163 Å². The smallest absolute Gasteiger partial charge is 0.255 e. The van der Waals surface area contributed by atoms with Gasteiger partial charge in [0.1, 0.15) is 0 Å². The van der Waals surface area contributed by atoms with Gasteiger partial charge in [0.25, 0.3) is 5.91 Å². The van der Waals surface area contributed by atoms with Crippen molar-refractivity contribution in [1.29, 1.82) is 0 Å². The molecule has 0 aromatic heterocycles. The Kier molecular flexibility index (Phi) is 5.62. The molecule has 5 nitrogen and oxygen atoms in total. The number of benzene rings is 2. The number of carbonyl (C=O) groups is 1. The van der Waals surface area contributed by atoms with Crippen molar-refractivity contribution in [2.24, 2.45) is 0 Å². The van der Waals surface area contributed by atoms with Crippen LogP contribution in [0.1, 0.15) is 23.2 Å². The second-order valence-electron chi connectivity index (χ2n) is 5.72. The van der Waals surface area contributed by atoms with Crippen molar-refractivity contribution in [3.8, 4) is 0 Å². The second-order valence-corrected chi connectivity index (χ2v) is 9.37. The first-order chi connectivity index (χ1) is 11.9. The van der Waals surface area contributed by atoms with Crippen molar-refractivity contribution < 1.29 is 13.2 Å². The summed E-state index contributed by atoms with van der Waals surface area (Å²) in [4.78, 5) is 12.5. The quantitative estimate of drug-likeness (QED) is 0.701. The highest BCUT2D eigenvalue weighted by Gasteiger charge is 2.26. The summed E-state index contributed by atoms with van der Waals surface area (Å²) in [6.45, 7) is 1.14. The van der Waals surface area contributed by atoms with Gasteiger partial charge in [-0.05, 0) is 87.2 Å². The SMILES string of the molecule is O=C(Nc1ccc(S(=O)(=O)N2CCCC2)cc1)c1ccc(Br)c(Br)c1. The normalized spacial score (nSPS) is 15.3. The van der Waals surface area contributed by atoms with Crippen LogP contribution in [0.25, 0.3) is 0 Å². The van der Waals surface area contributed by atoms with Crippen molar-refractivity contribution in [2.75, 3.05) is 18.4 Å². The van der Waals surface area contributed by atoms with Crippen molar-refractivity contribution in [2.45, 2.75) is 17.7 Å². The largest absolute Gasteiger partial charge is 0.322 e. The van der Waals surface area contributed by atoms with Gasteiger partial charge in [-0.25, -0.2) is 8.42 Å². The number of anilines is 1. The monoisotopic (exact) mass is 486 g/mol. The number of hydrogen-bond acceptors (Lipinski definition) is 3. The van der Waals surface area contributed by atoms with Gasteiger partial charge in [0, 0.05) is 33.3 Å². The first kappa shape index (κ1) is 18.6. The van der Waals surface area contributed by atoms with Crippen LogP contribution in [0, 0.1) is 0 Å². The summed E-state index contributed by atoms with van der Waals surface area (Å²) in [7, 11) is -3.44. The second kappa shape index (κ2) is 7.57. The maximum absolute atomic E-state index is 12.5. The van der Waals surface area contributed by atoms with Crippen LogP contribution < -0.4 is 5.32 Å². The van der Waals surface area contributed by atoms with Crippen LogP contribution in [0.4, 0.5) is 5.69 Å². The molecule has 1 fully saturated rings. The predicted molar refractivity (Wildman–Crippen MR) is 104 cm³/mol. The fourth-order valence-electron chi connectivity index (χ4n) is 2.63. The molecule has 0 atom stereocenters. The third-order valence-corrected chi connectivity index (χ3v) is 7.79. The number of nitrogens with zero attached hydrogens (tertiary/aromatic N) is 1. The lowest BCUT2D eigenvalue weighted by Crippen LogP contribution is -2.27. The zero-order valence-electron chi connectivity index (χ0n) is 13.2. The van der Waals surface area contributed by atoms with Gasteiger partial charge >= 0.3 is 0 Å². The van der Waals surface area contributed by atoms with Crippen molar-refractivity contribution in [1.82, 2.24) is 4.31 Å². The molecule has 132 valence electrons. The Morgan fingerprint density at radius 3 is 2.20 bits per heavy atom. The molecule has 1 heterocycles. The lowest BCUT2D eigenvalue weighted by Gasteiger charge is -2.15. The number of carbonyl (C=O) groups excluding carboxylic acids is 1. The molecule has 3 rings (SSSR count). The molecule has 1 amide bonds. The minimum atomic E-state index is -3.44. The van der Waals surface area contributed by atoms with Gasteiger partial charge in [-0.3, -0.25) is 4.79 Å². The highest BCUT2D eigenvalue weighted by molar-refractivity contribution is 9.13. The molecule has 0 spiro atoms. The van der Waals surface area contributed by atoms with E-state index in [1.165, 1.54) is 16.4 Å². The first-order valence-corrected chi connectivity index (χ1v) is 10.8. The topological polar surface area (TPSA) is 66.5 Å². The van der Waals surface area contributed by atoms with Gasteiger partial charge in [0.05, 0.1) is 4.90 Å². The average Bonchev–Trinajstić information content (AvgIpc) is 3.13. The molecule has 2 aromatic carbocycles. The van der Waals surface area contributed by atoms with Crippen LogP contribution in [-0.2, 0) is 10.0 Å². The van der Waals surface area contributed by atoms with Gasteiger partial charge in [0.2, 0.25) is 10.0 Å². The van der Waals surface area contributed by atoms with Crippen molar-refractivity contribution in [3.05, 3.63) is 57.0 Å². The van der Waals surface area contributed by atoms with Crippen LogP contribution in [-0.4, -0.2) is 31.7 Å². The van der Waals surface area contributed by atoms with E-state index in [-0.39, 0.29) is 10.8 Å². The third kappa shape index (κ3) is 4.13. The first-order valence-electron chi connectivity index (χ1n) is 7.74. The van der Waals surface area contributed by atoms with E-state index in [0.29, 0.717) is 24.3 Å². The number of rotatable bonds is 4. The van der Waals surface area contributed by atoms with E-state index in [9.17, 15) is 13.2 Å². The minimum absolute atomic E-state index is 0.249. The summed E-state index contributed by atoms with van der Waals surface area (Å²) in [5.41, 5.74) is 1.05. The van der Waals surface area contributed by atoms with Crippen LogP contribution in [0.3, 0.4) is 0 Å². The predicted octanol–water partition coefficient (Wildman–Crippen LogP) is 4.25. The van der Waals surface area contributed by atoms with Gasteiger partial charge in [-0.1, -0.05) is 0 Å². The molecular weight excluding hydrogens is 472 g/mol. The lowest BCUT2D eigenvalue weighted by atomic mass is 10.2. The highest BCUT2D eigenvalue weighted by Crippen LogP contribution is 2.25. The van der Waals surface area contributed by atoms with Gasteiger partial charge in [-0.15, -0.1) is 0 Å². The summed E-state index contributed by atoms with van der Waals surface area (Å²) in [6, 6.07) is 11.5. The maximum Gasteiger partial charge on any atom is 0.255 e. The van der Waals surface area contributed by atoms with E-state index in [4.69, 9.17) is 0 Å². The summed E-state index contributed by atoms with van der Waals surface area (Å²) < 4.78 is 28.1. The molecule has 0 radical (unpaired) electrons. The Bertz CT molecular complexity index is 893. The number of sulfonamides is 1. The van der Waals surface area contributed by atoms with Crippen LogP contribution in [0.2, 0.25) is 0 Å². The average molecular weight is 488 g/mol. The Hall–Kier alpha value is -1.22. The number of hydrogen-bond donors (Lipinski definition) is 1. The summed E-state index contributed by atoms with van der Waals surface area (Å²) in [6.07, 6.45) is 1.80. The van der Waals surface area contributed by atoms with Gasteiger partial charge in [-0.2, -0.15) is 4.31 Å². The van der Waals surface area contributed by atoms with Gasteiger partial charge < -0.3 is 5.32 Å². The summed E-state index contributed by atoms with van der Waals surface area (Å²) in [5, 5.41) is 2.77. The fraction of sp³-hybridized carbons (Fsp3) is 0.235. The Balaban J connectivity index is 1.74. The Morgan fingerprint density at radius 1 is 0.960 bits per heavy atom. The van der Waals surface area contributed by atoms with Crippen molar-refractivity contribution in [3.63, 3.8) is 0 Å². The third-order valence-electron chi connectivity index (χ3n) is 4.00. The van der Waals surface area contributed by atoms with E-state index in [0.717, 1.165) is 21.8 Å². The molecule has 0 unspecified atom stereocenters. The van der Waals surface area contributed by atoms with E-state index < -0.39 is 10.0 Å². The van der Waals surface area contributed by atoms with Gasteiger partial charge in [0.15, 0.2) is 0 Å². The van der Waals surface area contributed by atoms with Crippen LogP contribution >= 0.6 is 31.9 Å². The van der Waals surface area contributed by atoms with Crippen LogP contribution in [0.15, 0.2) is 56.3 Å². The molecular formula is C17H16Br2N2O3S. The van der Waals surface area contributed by atoms with E-state index >= 15 is 0 Å². The molecule has 0 saturated carbocycles. The molecule has 1 saturated heterocycles. The fourth-order valence-corrected chi connectivity index (χ4v) is 4.77. The lowest BCUT2D eigenvalue weighted by molar-refractivity contribution is 0.102. The number of halogens is 2. The molecule has 2 aromatic rings. The van der Waals surface area contributed by atoms with E-state index in [1.54, 1.807) is 30.3 Å². The zero-order valence-corrected chi connectivity index (χ0v) is 17.2. The molecule has 1 aliphatic rings. The maximum atomic E-state index is 12.5. The highest BCUT2D eigenvalue weighted by atomic mass is 79.9. The summed E-state index contributed by atoms with van der Waals surface area (Å²) >= 11 is 6.73. The summed E-state index contributed by atoms with van der Waals surface area (Å²) in [5.74, 6) is -0.261. The zero-order chi connectivity index (χ0) is 18.0. The number of nitrogens with one attached hydrogen (secondary N) is 1. The van der Waals surface area contributed by atoms with E-state index in [1.807, 2.05) is 0 Å². The molecule has 25 heavy (non-hydrogen) atoms. The van der Waals surface area contributed by atoms with Crippen molar-refractivity contribution >= 4 is 53.5 Å². The minimum Gasteiger partial charge on any atom is -0.322 e. The molecule has 1 N–H and O–H groups in total. The Morgan fingerprint density at radius 2 is 1.60 bits per heavy atom. The molecule has 0 bridgehead atoms. The molecule has 1 aliphatic heterocycles. The number of amides is 1. The standard InChI is InChI=1S/C17H16Br2N2O3S/c18-15-8-3-12(11-16(15)19)17(22)20-13-4-6-14(7-5-13)25(23,24)21-9-1-2-10-21/h3-8,11H,1-2,9-10H2,(H,20,22). The molecule has 8 heteroatoms. The van der Waals surface area contributed by atoms with Crippen LogP contribution in [0.5, 0.6) is 0 Å².